The van der Waals surface area contributed by atoms with Gasteiger partial charge in [-0.25, -0.2) is 0 Å². The van der Waals surface area contributed by atoms with Gasteiger partial charge in [-0.05, 0) is 24.5 Å². The van der Waals surface area contributed by atoms with Gasteiger partial charge in [0.25, 0.3) is 0 Å². The van der Waals surface area contributed by atoms with Crippen molar-refractivity contribution in [1.29, 1.82) is 0 Å². The highest BCUT2D eigenvalue weighted by atomic mass is 16.4. The van der Waals surface area contributed by atoms with E-state index in [4.69, 9.17) is 5.11 Å². The second-order valence-electron chi connectivity index (χ2n) is 3.92. The molecule has 1 rings (SSSR count). The average Bonchev–Trinajstić information content (AvgIpc) is 2.18. The predicted octanol–water partition coefficient (Wildman–Crippen LogP) is 2.98. The number of rotatable bonds is 4. The first kappa shape index (κ1) is 11.5. The molecule has 0 aliphatic rings. The normalized spacial score (nSPS) is 12.1. The summed E-state index contributed by atoms with van der Waals surface area (Å²) in [5.41, 5.74) is 3.17. The molecule has 15 heavy (non-hydrogen) atoms. The van der Waals surface area contributed by atoms with E-state index in [1.54, 1.807) is 6.92 Å². The molecular formula is C13H16O2. The Balaban J connectivity index is 2.72. The third-order valence-electron chi connectivity index (χ3n) is 2.41. The van der Waals surface area contributed by atoms with Crippen molar-refractivity contribution in [2.45, 2.75) is 20.3 Å². The average molecular weight is 204 g/mol. The van der Waals surface area contributed by atoms with E-state index in [0.29, 0.717) is 6.42 Å². The summed E-state index contributed by atoms with van der Waals surface area (Å²) in [6.07, 6.45) is 0.575. The van der Waals surface area contributed by atoms with Crippen molar-refractivity contribution < 1.29 is 9.90 Å². The van der Waals surface area contributed by atoms with Gasteiger partial charge in [-0.15, -0.1) is 0 Å². The standard InChI is InChI=1S/C13H16O2/c1-9(2)12-6-4-11(5-7-12)8-10(3)13(14)15/h4-7,10H,1,8H2,2-3H3,(H,14,15). The number of hydrogen-bond donors (Lipinski definition) is 1. The van der Waals surface area contributed by atoms with Gasteiger partial charge in [-0.2, -0.15) is 0 Å². The van der Waals surface area contributed by atoms with Gasteiger partial charge in [0.15, 0.2) is 0 Å². The smallest absolute Gasteiger partial charge is 0.306 e. The van der Waals surface area contributed by atoms with E-state index < -0.39 is 5.97 Å². The van der Waals surface area contributed by atoms with Crippen molar-refractivity contribution in [2.75, 3.05) is 0 Å². The summed E-state index contributed by atoms with van der Waals surface area (Å²) in [5.74, 6) is -1.08. The zero-order valence-corrected chi connectivity index (χ0v) is 9.16. The summed E-state index contributed by atoms with van der Waals surface area (Å²) in [6.45, 7) is 7.52. The zero-order valence-electron chi connectivity index (χ0n) is 9.16. The second kappa shape index (κ2) is 4.78. The van der Waals surface area contributed by atoms with Crippen LogP contribution in [0.4, 0.5) is 0 Å². The van der Waals surface area contributed by atoms with Crippen LogP contribution in [-0.2, 0) is 11.2 Å². The van der Waals surface area contributed by atoms with Gasteiger partial charge in [-0.3, -0.25) is 4.79 Å². The number of hydrogen-bond acceptors (Lipinski definition) is 1. The molecule has 1 aromatic carbocycles. The van der Waals surface area contributed by atoms with Gasteiger partial charge in [0.1, 0.15) is 0 Å². The van der Waals surface area contributed by atoms with Crippen LogP contribution in [0.25, 0.3) is 5.57 Å². The second-order valence-corrected chi connectivity index (χ2v) is 3.92. The Labute approximate surface area is 90.3 Å². The first-order chi connectivity index (χ1) is 7.00. The highest BCUT2D eigenvalue weighted by molar-refractivity contribution is 5.70. The zero-order chi connectivity index (χ0) is 11.4. The van der Waals surface area contributed by atoms with E-state index in [0.717, 1.165) is 16.7 Å². The Hall–Kier alpha value is -1.57. The van der Waals surface area contributed by atoms with E-state index in [-0.39, 0.29) is 5.92 Å². The monoisotopic (exact) mass is 204 g/mol. The number of benzene rings is 1. The van der Waals surface area contributed by atoms with Crippen molar-refractivity contribution in [3.05, 3.63) is 42.0 Å². The molecule has 0 bridgehead atoms. The molecule has 0 aromatic heterocycles. The molecule has 0 aliphatic heterocycles. The lowest BCUT2D eigenvalue weighted by atomic mass is 9.99. The molecule has 0 spiro atoms. The summed E-state index contributed by atoms with van der Waals surface area (Å²) in [4.78, 5) is 10.7. The van der Waals surface area contributed by atoms with Gasteiger partial charge >= 0.3 is 5.97 Å². The Morgan fingerprint density at radius 3 is 2.33 bits per heavy atom. The summed E-state index contributed by atoms with van der Waals surface area (Å²) in [5, 5.41) is 8.77. The summed E-state index contributed by atoms with van der Waals surface area (Å²) in [6, 6.07) is 7.88. The first-order valence-electron chi connectivity index (χ1n) is 4.98. The van der Waals surface area contributed by atoms with Crippen LogP contribution < -0.4 is 0 Å². The molecule has 0 fully saturated rings. The Kier molecular flexibility index (Phi) is 3.67. The van der Waals surface area contributed by atoms with E-state index in [1.807, 2.05) is 31.2 Å². The fourth-order valence-electron chi connectivity index (χ4n) is 1.37. The van der Waals surface area contributed by atoms with Crippen LogP contribution in [0.15, 0.2) is 30.8 Å². The summed E-state index contributed by atoms with van der Waals surface area (Å²) < 4.78 is 0. The number of carbonyl (C=O) groups is 1. The van der Waals surface area contributed by atoms with E-state index in [1.165, 1.54) is 0 Å². The molecule has 0 amide bonds. The summed E-state index contributed by atoms with van der Waals surface area (Å²) >= 11 is 0. The lowest BCUT2D eigenvalue weighted by Crippen LogP contribution is -2.12. The lowest BCUT2D eigenvalue weighted by molar-refractivity contribution is -0.141. The molecule has 0 aliphatic carbocycles. The van der Waals surface area contributed by atoms with Gasteiger partial charge in [0.2, 0.25) is 0 Å². The molecular weight excluding hydrogens is 188 g/mol. The van der Waals surface area contributed by atoms with Gasteiger partial charge in [-0.1, -0.05) is 43.3 Å². The van der Waals surface area contributed by atoms with Gasteiger partial charge < -0.3 is 5.11 Å². The van der Waals surface area contributed by atoms with Gasteiger partial charge in [0, 0.05) is 0 Å². The highest BCUT2D eigenvalue weighted by Gasteiger charge is 2.11. The molecule has 0 saturated carbocycles. The highest BCUT2D eigenvalue weighted by Crippen LogP contribution is 2.14. The SMILES string of the molecule is C=C(C)c1ccc(CC(C)C(=O)O)cc1. The van der Waals surface area contributed by atoms with Crippen LogP contribution >= 0.6 is 0 Å². The van der Waals surface area contributed by atoms with Crippen molar-refractivity contribution in [3.8, 4) is 0 Å². The number of carboxylic acids is 1. The Morgan fingerprint density at radius 1 is 1.40 bits per heavy atom. The van der Waals surface area contributed by atoms with Crippen LogP contribution in [-0.4, -0.2) is 11.1 Å². The Morgan fingerprint density at radius 2 is 1.93 bits per heavy atom. The summed E-state index contributed by atoms with van der Waals surface area (Å²) in [7, 11) is 0. The van der Waals surface area contributed by atoms with E-state index in [9.17, 15) is 4.79 Å². The number of allylic oxidation sites excluding steroid dienone is 1. The minimum absolute atomic E-state index is 0.333. The maximum atomic E-state index is 10.7. The van der Waals surface area contributed by atoms with E-state index >= 15 is 0 Å². The maximum absolute atomic E-state index is 10.7. The van der Waals surface area contributed by atoms with E-state index in [2.05, 4.69) is 6.58 Å². The Bertz CT molecular complexity index is 363. The molecule has 80 valence electrons. The van der Waals surface area contributed by atoms with Crippen LogP contribution in [0.3, 0.4) is 0 Å². The molecule has 1 unspecified atom stereocenters. The molecule has 2 heteroatoms. The molecule has 0 radical (unpaired) electrons. The fourth-order valence-corrected chi connectivity index (χ4v) is 1.37. The largest absolute Gasteiger partial charge is 0.481 e. The lowest BCUT2D eigenvalue weighted by Gasteiger charge is -2.07. The fraction of sp³-hybridized carbons (Fsp3) is 0.308. The predicted molar refractivity (Wildman–Crippen MR) is 61.7 cm³/mol. The number of aliphatic carboxylic acids is 1. The molecule has 1 N–H and O–H groups in total. The maximum Gasteiger partial charge on any atom is 0.306 e. The third-order valence-corrected chi connectivity index (χ3v) is 2.41. The first-order valence-corrected chi connectivity index (χ1v) is 4.98. The van der Waals surface area contributed by atoms with Crippen molar-refractivity contribution in [3.63, 3.8) is 0 Å². The van der Waals surface area contributed by atoms with Crippen LogP contribution in [0.5, 0.6) is 0 Å². The molecule has 0 saturated heterocycles. The molecule has 1 aromatic rings. The topological polar surface area (TPSA) is 37.3 Å². The quantitative estimate of drug-likeness (QED) is 0.818. The molecule has 2 nitrogen and oxygen atoms in total. The molecule has 1 atom stereocenters. The minimum Gasteiger partial charge on any atom is -0.481 e. The number of carboxylic acid groups (broad SMARTS) is 1. The third kappa shape index (κ3) is 3.24. The van der Waals surface area contributed by atoms with Gasteiger partial charge in [0.05, 0.1) is 5.92 Å². The van der Waals surface area contributed by atoms with Crippen LogP contribution in [0.1, 0.15) is 25.0 Å². The molecule has 0 heterocycles. The van der Waals surface area contributed by atoms with Crippen LogP contribution in [0.2, 0.25) is 0 Å². The van der Waals surface area contributed by atoms with Crippen molar-refractivity contribution in [2.24, 2.45) is 5.92 Å². The van der Waals surface area contributed by atoms with Crippen LogP contribution in [0, 0.1) is 5.92 Å². The van der Waals surface area contributed by atoms with Crippen molar-refractivity contribution >= 4 is 11.5 Å². The minimum atomic E-state index is -0.751. The van der Waals surface area contributed by atoms with Crippen molar-refractivity contribution in [1.82, 2.24) is 0 Å².